The number of nitrogens with two attached hydrogens (primary N) is 3. The van der Waals surface area contributed by atoms with Gasteiger partial charge in [-0.25, -0.2) is 0 Å². The molecule has 0 aromatic heterocycles. The lowest BCUT2D eigenvalue weighted by Crippen LogP contribution is -2.24. The van der Waals surface area contributed by atoms with E-state index in [-0.39, 0.29) is 11.5 Å². The number of amidine groups is 1. The van der Waals surface area contributed by atoms with Crippen LogP contribution in [0.1, 0.15) is 0 Å². The summed E-state index contributed by atoms with van der Waals surface area (Å²) < 4.78 is 0.600. The van der Waals surface area contributed by atoms with Gasteiger partial charge in [0, 0.05) is 10.1 Å². The van der Waals surface area contributed by atoms with Crippen LogP contribution in [0.15, 0.2) is 11.4 Å². The molecule has 0 aliphatic heterocycles. The molecule has 0 fully saturated rings. The van der Waals surface area contributed by atoms with E-state index in [1.165, 1.54) is 0 Å². The van der Waals surface area contributed by atoms with Gasteiger partial charge in [-0.05, 0) is 0 Å². The fourth-order valence-electron chi connectivity index (χ4n) is 0.245. The molecule has 0 aromatic rings. The summed E-state index contributed by atoms with van der Waals surface area (Å²) in [6.07, 6.45) is 0. The summed E-state index contributed by atoms with van der Waals surface area (Å²) in [6.45, 7) is 0. The van der Waals surface area contributed by atoms with Gasteiger partial charge in [0.15, 0.2) is 0 Å². The molecule has 4 nitrogen and oxygen atoms in total. The molecule has 0 heterocycles. The van der Waals surface area contributed by atoms with Gasteiger partial charge in [0.25, 0.3) is 0 Å². The zero-order chi connectivity index (χ0) is 7.44. The summed E-state index contributed by atoms with van der Waals surface area (Å²) in [5.74, 6) is -0.163. The second-order valence-electron chi connectivity index (χ2n) is 1.49. The second kappa shape index (κ2) is 3.54. The molecule has 0 saturated carbocycles. The van der Waals surface area contributed by atoms with Crippen LogP contribution in [0.2, 0.25) is 0 Å². The van der Waals surface area contributed by atoms with E-state index in [9.17, 15) is 0 Å². The maximum Gasteiger partial charge on any atom is 0.140 e. The molecule has 5 heteroatoms. The minimum Gasteiger partial charge on any atom is -0.400 e. The molecule has 7 N–H and O–H groups in total. The Morgan fingerprint density at radius 1 is 1.33 bits per heavy atom. The summed E-state index contributed by atoms with van der Waals surface area (Å²) in [6, 6.07) is 0. The first-order chi connectivity index (χ1) is 4.09. The third-order valence-electron chi connectivity index (χ3n) is 0.780. The fourth-order valence-corrected chi connectivity index (χ4v) is 0.656. The topological polar surface area (TPSA) is 102 Å². The number of nitrogens with one attached hydrogen (secondary N) is 1. The van der Waals surface area contributed by atoms with Crippen molar-refractivity contribution in [1.82, 2.24) is 0 Å². The SMILES string of the molecule is N=C(N)C(N)=C(N)CI. The lowest BCUT2D eigenvalue weighted by Gasteiger charge is -2.00. The normalized spacial score (nSPS) is 12.6. The fraction of sp³-hybridized carbons (Fsp3) is 0.250. The molecular weight excluding hydrogens is 231 g/mol. The predicted molar refractivity (Wildman–Crippen MR) is 46.2 cm³/mol. The maximum atomic E-state index is 6.85. The first-order valence-corrected chi connectivity index (χ1v) is 3.76. The van der Waals surface area contributed by atoms with Crippen molar-refractivity contribution in [2.24, 2.45) is 17.2 Å². The third-order valence-corrected chi connectivity index (χ3v) is 1.60. The quantitative estimate of drug-likeness (QED) is 0.226. The van der Waals surface area contributed by atoms with E-state index in [4.69, 9.17) is 22.6 Å². The lowest BCUT2D eigenvalue weighted by atomic mass is 10.3. The lowest BCUT2D eigenvalue weighted by molar-refractivity contribution is 1.23. The molecule has 0 aliphatic rings. The number of hydrogen-bond acceptors (Lipinski definition) is 3. The van der Waals surface area contributed by atoms with Crippen LogP contribution >= 0.6 is 22.6 Å². The van der Waals surface area contributed by atoms with E-state index in [1.54, 1.807) is 0 Å². The van der Waals surface area contributed by atoms with Crippen molar-refractivity contribution < 1.29 is 0 Å². The smallest absolute Gasteiger partial charge is 0.140 e. The van der Waals surface area contributed by atoms with E-state index in [0.29, 0.717) is 10.1 Å². The number of allylic oxidation sites excluding steroid dienone is 1. The van der Waals surface area contributed by atoms with Gasteiger partial charge in [-0.15, -0.1) is 0 Å². The molecule has 0 spiro atoms. The van der Waals surface area contributed by atoms with E-state index < -0.39 is 0 Å². The van der Waals surface area contributed by atoms with Crippen LogP contribution in [0.25, 0.3) is 0 Å². The van der Waals surface area contributed by atoms with Crippen molar-refractivity contribution in [1.29, 1.82) is 5.41 Å². The molecule has 0 amide bonds. The van der Waals surface area contributed by atoms with Gasteiger partial charge >= 0.3 is 0 Å². The average Bonchev–Trinajstić information content (AvgIpc) is 1.84. The number of alkyl halides is 1. The van der Waals surface area contributed by atoms with Gasteiger partial charge in [-0.2, -0.15) is 0 Å². The Morgan fingerprint density at radius 2 is 1.78 bits per heavy atom. The van der Waals surface area contributed by atoms with E-state index in [1.807, 2.05) is 22.6 Å². The van der Waals surface area contributed by atoms with Crippen molar-refractivity contribution in [2.45, 2.75) is 0 Å². The van der Waals surface area contributed by atoms with Gasteiger partial charge in [0.2, 0.25) is 0 Å². The molecular formula is C4H9IN4. The minimum atomic E-state index is -0.163. The highest BCUT2D eigenvalue weighted by Gasteiger charge is 1.98. The molecule has 9 heavy (non-hydrogen) atoms. The molecule has 0 aromatic carbocycles. The van der Waals surface area contributed by atoms with Gasteiger partial charge < -0.3 is 17.2 Å². The Morgan fingerprint density at radius 3 is 1.89 bits per heavy atom. The Hall–Kier alpha value is -0.460. The standard InChI is InChI=1S/C4H9IN4/c5-1-2(6)3(7)4(8)9/h1,6-7H2,(H3,8,9). The highest BCUT2D eigenvalue weighted by molar-refractivity contribution is 14.1. The Bertz CT molecular complexity index is 151. The first kappa shape index (κ1) is 8.54. The van der Waals surface area contributed by atoms with Crippen LogP contribution in [0.3, 0.4) is 0 Å². The van der Waals surface area contributed by atoms with Crippen LogP contribution in [0, 0.1) is 5.41 Å². The molecule has 0 unspecified atom stereocenters. The maximum absolute atomic E-state index is 6.85. The highest BCUT2D eigenvalue weighted by atomic mass is 127. The van der Waals surface area contributed by atoms with Crippen molar-refractivity contribution in [3.8, 4) is 0 Å². The van der Waals surface area contributed by atoms with Crippen molar-refractivity contribution in [3.05, 3.63) is 11.4 Å². The van der Waals surface area contributed by atoms with E-state index >= 15 is 0 Å². The van der Waals surface area contributed by atoms with Crippen molar-refractivity contribution in [2.75, 3.05) is 4.43 Å². The molecule has 0 saturated heterocycles. The van der Waals surface area contributed by atoms with Crippen LogP contribution < -0.4 is 17.2 Å². The number of halogens is 1. The molecule has 0 atom stereocenters. The van der Waals surface area contributed by atoms with Crippen LogP contribution in [0.4, 0.5) is 0 Å². The summed E-state index contributed by atoms with van der Waals surface area (Å²) in [5, 5.41) is 6.85. The van der Waals surface area contributed by atoms with Crippen LogP contribution in [-0.2, 0) is 0 Å². The van der Waals surface area contributed by atoms with Crippen LogP contribution in [0.5, 0.6) is 0 Å². The largest absolute Gasteiger partial charge is 0.400 e. The number of hydrogen-bond donors (Lipinski definition) is 4. The second-order valence-corrected chi connectivity index (χ2v) is 2.25. The first-order valence-electron chi connectivity index (χ1n) is 2.24. The van der Waals surface area contributed by atoms with E-state index in [0.717, 1.165) is 0 Å². The highest BCUT2D eigenvalue weighted by Crippen LogP contribution is 1.94. The summed E-state index contributed by atoms with van der Waals surface area (Å²) in [5.41, 5.74) is 16.3. The summed E-state index contributed by atoms with van der Waals surface area (Å²) >= 11 is 2.05. The summed E-state index contributed by atoms with van der Waals surface area (Å²) in [7, 11) is 0. The molecule has 52 valence electrons. The summed E-state index contributed by atoms with van der Waals surface area (Å²) in [4.78, 5) is 0. The van der Waals surface area contributed by atoms with Crippen molar-refractivity contribution >= 4 is 28.4 Å². The van der Waals surface area contributed by atoms with Gasteiger partial charge in [-0.1, -0.05) is 22.6 Å². The Labute approximate surface area is 67.1 Å². The molecule has 0 rings (SSSR count). The van der Waals surface area contributed by atoms with Gasteiger partial charge in [-0.3, -0.25) is 5.41 Å². The molecule has 0 aliphatic carbocycles. The number of rotatable bonds is 2. The third kappa shape index (κ3) is 2.54. The van der Waals surface area contributed by atoms with Gasteiger partial charge in [0.1, 0.15) is 5.84 Å². The minimum absolute atomic E-state index is 0.163. The molecule has 0 bridgehead atoms. The average molecular weight is 240 g/mol. The zero-order valence-corrected chi connectivity index (χ0v) is 6.97. The predicted octanol–water partition coefficient (Wildman–Crippen LogP) is -0.514. The zero-order valence-electron chi connectivity index (χ0n) is 4.82. The van der Waals surface area contributed by atoms with Gasteiger partial charge in [0.05, 0.1) is 5.70 Å². The molecule has 0 radical (unpaired) electrons. The van der Waals surface area contributed by atoms with Crippen LogP contribution in [-0.4, -0.2) is 10.3 Å². The monoisotopic (exact) mass is 240 g/mol. The van der Waals surface area contributed by atoms with Crippen molar-refractivity contribution in [3.63, 3.8) is 0 Å². The van der Waals surface area contributed by atoms with E-state index in [2.05, 4.69) is 0 Å². The Balaban J connectivity index is 4.28. The Kier molecular flexibility index (Phi) is 3.36.